The van der Waals surface area contributed by atoms with Crippen molar-refractivity contribution in [3.63, 3.8) is 0 Å². The largest absolute Gasteiger partial charge is 0.466 e. The molecule has 4 nitrogen and oxygen atoms in total. The molecule has 1 rings (SSSR count). The maximum Gasteiger partial charge on any atom is 0.305 e. The van der Waals surface area contributed by atoms with Gasteiger partial charge in [-0.3, -0.25) is 9.78 Å². The predicted molar refractivity (Wildman–Crippen MR) is 73.9 cm³/mol. The van der Waals surface area contributed by atoms with E-state index in [0.717, 1.165) is 38.0 Å². The van der Waals surface area contributed by atoms with Crippen LogP contribution in [0.2, 0.25) is 0 Å². The second-order valence-corrected chi connectivity index (χ2v) is 4.30. The van der Waals surface area contributed by atoms with Crippen LogP contribution in [0, 0.1) is 0 Å². The third-order valence-electron chi connectivity index (χ3n) is 2.70. The highest BCUT2D eigenvalue weighted by Crippen LogP contribution is 2.02. The van der Waals surface area contributed by atoms with Crippen LogP contribution in [0.5, 0.6) is 0 Å². The van der Waals surface area contributed by atoms with Gasteiger partial charge in [0.05, 0.1) is 13.2 Å². The molecule has 0 aliphatic heterocycles. The van der Waals surface area contributed by atoms with E-state index in [4.69, 9.17) is 9.47 Å². The molecule has 0 aliphatic carbocycles. The first-order chi connectivity index (χ1) is 9.33. The highest BCUT2D eigenvalue weighted by atomic mass is 16.5. The molecule has 1 aromatic heterocycles. The molecule has 0 spiro atoms. The Balaban J connectivity index is 1.88. The normalized spacial score (nSPS) is 10.4. The highest BCUT2D eigenvalue weighted by Gasteiger charge is 2.00. The van der Waals surface area contributed by atoms with Gasteiger partial charge in [-0.15, -0.1) is 0 Å². The van der Waals surface area contributed by atoms with Crippen molar-refractivity contribution in [1.82, 2.24) is 4.98 Å². The minimum absolute atomic E-state index is 0.0985. The van der Waals surface area contributed by atoms with Crippen LogP contribution in [0.1, 0.15) is 38.3 Å². The van der Waals surface area contributed by atoms with Gasteiger partial charge in [0.15, 0.2) is 0 Å². The highest BCUT2D eigenvalue weighted by molar-refractivity contribution is 5.69. The molecule has 0 saturated carbocycles. The maximum absolute atomic E-state index is 11.1. The Morgan fingerprint density at radius 3 is 2.84 bits per heavy atom. The number of nitrogens with zero attached hydrogens (tertiary/aromatic N) is 1. The van der Waals surface area contributed by atoms with Crippen LogP contribution < -0.4 is 0 Å². The Kier molecular flexibility index (Phi) is 8.64. The number of aromatic nitrogens is 1. The molecular weight excluding hydrogens is 242 g/mol. The Labute approximate surface area is 115 Å². The van der Waals surface area contributed by atoms with E-state index in [9.17, 15) is 4.79 Å². The van der Waals surface area contributed by atoms with Gasteiger partial charge in [0.25, 0.3) is 0 Å². The lowest BCUT2D eigenvalue weighted by molar-refractivity contribution is -0.143. The summed E-state index contributed by atoms with van der Waals surface area (Å²) in [6.07, 6.45) is 6.03. The van der Waals surface area contributed by atoms with Gasteiger partial charge in [-0.1, -0.05) is 12.5 Å². The molecule has 0 fully saturated rings. The van der Waals surface area contributed by atoms with Crippen LogP contribution in [0.3, 0.4) is 0 Å². The van der Waals surface area contributed by atoms with Gasteiger partial charge >= 0.3 is 5.97 Å². The van der Waals surface area contributed by atoms with Crippen LogP contribution in [-0.4, -0.2) is 30.8 Å². The number of carbonyl (C=O) groups is 1. The summed E-state index contributed by atoms with van der Waals surface area (Å²) in [6.45, 7) is 3.74. The number of esters is 1. The van der Waals surface area contributed by atoms with Gasteiger partial charge < -0.3 is 9.47 Å². The molecule has 1 aromatic rings. The van der Waals surface area contributed by atoms with Crippen molar-refractivity contribution in [2.24, 2.45) is 0 Å². The molecule has 0 atom stereocenters. The van der Waals surface area contributed by atoms with Gasteiger partial charge in [0.1, 0.15) is 0 Å². The van der Waals surface area contributed by atoms with Gasteiger partial charge in [-0.05, 0) is 31.9 Å². The summed E-state index contributed by atoms with van der Waals surface area (Å²) in [4.78, 5) is 15.3. The molecule has 4 heteroatoms. The van der Waals surface area contributed by atoms with E-state index < -0.39 is 0 Å². The quantitative estimate of drug-likeness (QED) is 0.482. The molecular formula is C15H23NO3. The Hall–Kier alpha value is -1.42. The first-order valence-corrected chi connectivity index (χ1v) is 6.96. The average Bonchev–Trinajstić information content (AvgIpc) is 2.43. The summed E-state index contributed by atoms with van der Waals surface area (Å²) < 4.78 is 10.4. The molecule has 0 aromatic carbocycles. The van der Waals surface area contributed by atoms with Crippen LogP contribution >= 0.6 is 0 Å². The summed E-state index contributed by atoms with van der Waals surface area (Å²) in [5.41, 5.74) is 1.06. The molecule has 1 heterocycles. The van der Waals surface area contributed by atoms with Crippen molar-refractivity contribution >= 4 is 5.97 Å². The molecule has 0 N–H and O–H groups in total. The number of rotatable bonds is 10. The third-order valence-corrected chi connectivity index (χ3v) is 2.70. The van der Waals surface area contributed by atoms with Crippen LogP contribution in [0.4, 0.5) is 0 Å². The Bertz CT molecular complexity index is 341. The number of pyridine rings is 1. The van der Waals surface area contributed by atoms with Crippen molar-refractivity contribution in [2.75, 3.05) is 19.8 Å². The van der Waals surface area contributed by atoms with E-state index in [1.54, 1.807) is 6.20 Å². The minimum atomic E-state index is -0.0985. The SMILES string of the molecule is CCOC(=O)CCCCCOCCc1ccccn1. The summed E-state index contributed by atoms with van der Waals surface area (Å²) >= 11 is 0. The fraction of sp³-hybridized carbons (Fsp3) is 0.600. The molecule has 106 valence electrons. The molecule has 0 aliphatic rings. The number of unbranched alkanes of at least 4 members (excludes halogenated alkanes) is 2. The molecule has 0 bridgehead atoms. The van der Waals surface area contributed by atoms with Crippen LogP contribution in [0.25, 0.3) is 0 Å². The van der Waals surface area contributed by atoms with Crippen molar-refractivity contribution < 1.29 is 14.3 Å². The number of hydrogen-bond donors (Lipinski definition) is 0. The summed E-state index contributed by atoms with van der Waals surface area (Å²) in [7, 11) is 0. The van der Waals surface area contributed by atoms with Crippen molar-refractivity contribution in [2.45, 2.75) is 39.0 Å². The topological polar surface area (TPSA) is 48.4 Å². The van der Waals surface area contributed by atoms with E-state index >= 15 is 0 Å². The van der Waals surface area contributed by atoms with Gasteiger partial charge in [-0.25, -0.2) is 0 Å². The van der Waals surface area contributed by atoms with E-state index in [0.29, 0.717) is 19.6 Å². The fourth-order valence-electron chi connectivity index (χ4n) is 1.71. The van der Waals surface area contributed by atoms with Crippen LogP contribution in [0.15, 0.2) is 24.4 Å². The van der Waals surface area contributed by atoms with Crippen molar-refractivity contribution in [3.05, 3.63) is 30.1 Å². The summed E-state index contributed by atoms with van der Waals surface area (Å²) in [5, 5.41) is 0. The average molecular weight is 265 g/mol. The van der Waals surface area contributed by atoms with Gasteiger partial charge in [-0.2, -0.15) is 0 Å². The van der Waals surface area contributed by atoms with Gasteiger partial charge in [0.2, 0.25) is 0 Å². The number of hydrogen-bond acceptors (Lipinski definition) is 4. The zero-order valence-electron chi connectivity index (χ0n) is 11.6. The van der Waals surface area contributed by atoms with E-state index in [2.05, 4.69) is 4.98 Å². The molecule has 19 heavy (non-hydrogen) atoms. The second-order valence-electron chi connectivity index (χ2n) is 4.30. The lowest BCUT2D eigenvalue weighted by atomic mass is 10.2. The monoisotopic (exact) mass is 265 g/mol. The van der Waals surface area contributed by atoms with E-state index in [1.165, 1.54) is 0 Å². The first kappa shape index (κ1) is 15.6. The van der Waals surface area contributed by atoms with Gasteiger partial charge in [0, 0.05) is 31.3 Å². The maximum atomic E-state index is 11.1. The van der Waals surface area contributed by atoms with Crippen molar-refractivity contribution in [3.8, 4) is 0 Å². The minimum Gasteiger partial charge on any atom is -0.466 e. The standard InChI is InChI=1S/C15H23NO3/c1-2-19-15(17)9-4-3-7-12-18-13-10-14-8-5-6-11-16-14/h5-6,8,11H,2-4,7,9-10,12-13H2,1H3. The Morgan fingerprint density at radius 2 is 2.11 bits per heavy atom. The molecule has 0 unspecified atom stereocenters. The third kappa shape index (κ3) is 8.32. The molecule has 0 amide bonds. The predicted octanol–water partition coefficient (Wildman–Crippen LogP) is 2.76. The Morgan fingerprint density at radius 1 is 1.21 bits per heavy atom. The van der Waals surface area contributed by atoms with E-state index in [1.807, 2.05) is 25.1 Å². The fourth-order valence-corrected chi connectivity index (χ4v) is 1.71. The lowest BCUT2D eigenvalue weighted by Gasteiger charge is -2.04. The van der Waals surface area contributed by atoms with Crippen LogP contribution in [-0.2, 0) is 20.7 Å². The lowest BCUT2D eigenvalue weighted by Crippen LogP contribution is -2.04. The second kappa shape index (κ2) is 10.5. The number of ether oxygens (including phenoxy) is 2. The first-order valence-electron chi connectivity index (χ1n) is 6.96. The molecule has 0 saturated heterocycles. The smallest absolute Gasteiger partial charge is 0.305 e. The number of carbonyl (C=O) groups excluding carboxylic acids is 1. The summed E-state index contributed by atoms with van der Waals surface area (Å²) in [5.74, 6) is -0.0985. The summed E-state index contributed by atoms with van der Waals surface area (Å²) in [6, 6.07) is 5.90. The molecule has 0 radical (unpaired) electrons. The van der Waals surface area contributed by atoms with Crippen molar-refractivity contribution in [1.29, 1.82) is 0 Å². The zero-order valence-corrected chi connectivity index (χ0v) is 11.6. The van der Waals surface area contributed by atoms with E-state index in [-0.39, 0.29) is 5.97 Å². The zero-order chi connectivity index (χ0) is 13.8.